The Kier molecular flexibility index (Phi) is 5.97. The molecule has 28 heavy (non-hydrogen) atoms. The molecule has 2 N–H and O–H groups in total. The molecular formula is C22H27N3O3. The molecule has 6 nitrogen and oxygen atoms in total. The van der Waals surface area contributed by atoms with Gasteiger partial charge in [0.2, 0.25) is 12.7 Å². The number of anilines is 2. The summed E-state index contributed by atoms with van der Waals surface area (Å²) >= 11 is 0. The van der Waals surface area contributed by atoms with E-state index in [0.29, 0.717) is 19.5 Å². The quantitative estimate of drug-likeness (QED) is 0.719. The Morgan fingerprint density at radius 3 is 2.57 bits per heavy atom. The van der Waals surface area contributed by atoms with Crippen LogP contribution in [0.1, 0.15) is 31.2 Å². The average molecular weight is 381 g/mol. The lowest BCUT2D eigenvalue weighted by Gasteiger charge is -2.28. The van der Waals surface area contributed by atoms with Crippen LogP contribution >= 0.6 is 0 Å². The van der Waals surface area contributed by atoms with Crippen molar-refractivity contribution in [1.82, 2.24) is 5.32 Å². The van der Waals surface area contributed by atoms with Crippen molar-refractivity contribution in [2.24, 2.45) is 0 Å². The zero-order chi connectivity index (χ0) is 19.2. The van der Waals surface area contributed by atoms with E-state index in [1.54, 1.807) is 0 Å². The third kappa shape index (κ3) is 4.75. The lowest BCUT2D eigenvalue weighted by atomic mass is 10.1. The van der Waals surface area contributed by atoms with E-state index in [-0.39, 0.29) is 12.7 Å². The Morgan fingerprint density at radius 2 is 1.75 bits per heavy atom. The number of nitrogens with zero attached hydrogens (tertiary/aromatic N) is 1. The van der Waals surface area contributed by atoms with Gasteiger partial charge in [-0.3, -0.25) is 4.79 Å². The molecule has 2 heterocycles. The second kappa shape index (κ2) is 8.97. The fourth-order valence-electron chi connectivity index (χ4n) is 3.62. The summed E-state index contributed by atoms with van der Waals surface area (Å²) in [6.07, 6.45) is 4.28. The molecule has 2 aromatic rings. The Hall–Kier alpha value is -2.73. The fraction of sp³-hybridized carbons (Fsp3) is 0.409. The maximum absolute atomic E-state index is 12.2. The highest BCUT2D eigenvalue weighted by molar-refractivity contribution is 5.91. The molecule has 0 unspecified atom stereocenters. The van der Waals surface area contributed by atoms with E-state index in [0.717, 1.165) is 35.8 Å². The fourth-order valence-corrected chi connectivity index (χ4v) is 3.62. The van der Waals surface area contributed by atoms with E-state index in [1.165, 1.54) is 24.9 Å². The molecule has 0 bridgehead atoms. The normalized spacial score (nSPS) is 15.5. The van der Waals surface area contributed by atoms with Crippen molar-refractivity contribution in [2.45, 2.75) is 32.2 Å². The van der Waals surface area contributed by atoms with Crippen LogP contribution in [-0.4, -0.2) is 32.3 Å². The lowest BCUT2D eigenvalue weighted by molar-refractivity contribution is -0.116. The third-order valence-corrected chi connectivity index (χ3v) is 5.17. The van der Waals surface area contributed by atoms with Gasteiger partial charge in [0, 0.05) is 44.0 Å². The Balaban J connectivity index is 1.18. The first-order valence-electron chi connectivity index (χ1n) is 10.0. The van der Waals surface area contributed by atoms with E-state index >= 15 is 0 Å². The molecule has 0 aromatic heterocycles. The second-order valence-corrected chi connectivity index (χ2v) is 7.26. The maximum Gasteiger partial charge on any atom is 0.231 e. The summed E-state index contributed by atoms with van der Waals surface area (Å²) in [5.74, 6) is 1.59. The number of hydrogen-bond acceptors (Lipinski definition) is 5. The lowest BCUT2D eigenvalue weighted by Crippen LogP contribution is -2.29. The zero-order valence-electron chi connectivity index (χ0n) is 16.1. The summed E-state index contributed by atoms with van der Waals surface area (Å²) < 4.78 is 10.7. The van der Waals surface area contributed by atoms with Crippen LogP contribution < -0.4 is 25.0 Å². The van der Waals surface area contributed by atoms with Gasteiger partial charge in [-0.1, -0.05) is 6.07 Å². The standard InChI is InChI=1S/C22H27N3O3/c26-22(10-11-23-15-17-4-9-20-21(14-17)28-16-27-20)24-18-5-7-19(8-6-18)25-12-2-1-3-13-25/h4-9,14,23H,1-3,10-13,15-16H2,(H,24,26). The number of carbonyl (C=O) groups is 1. The number of fused-ring (bicyclic) bond motifs is 1. The monoisotopic (exact) mass is 381 g/mol. The van der Waals surface area contributed by atoms with Crippen molar-refractivity contribution in [3.63, 3.8) is 0 Å². The number of piperidine rings is 1. The van der Waals surface area contributed by atoms with Gasteiger partial charge in [0.1, 0.15) is 0 Å². The highest BCUT2D eigenvalue weighted by Crippen LogP contribution is 2.32. The smallest absolute Gasteiger partial charge is 0.231 e. The molecule has 4 rings (SSSR count). The highest BCUT2D eigenvalue weighted by Gasteiger charge is 2.13. The minimum Gasteiger partial charge on any atom is -0.454 e. The average Bonchev–Trinajstić information content (AvgIpc) is 3.20. The largest absolute Gasteiger partial charge is 0.454 e. The molecule has 0 radical (unpaired) electrons. The molecular weight excluding hydrogens is 354 g/mol. The predicted octanol–water partition coefficient (Wildman–Crippen LogP) is 3.52. The number of ether oxygens (including phenoxy) is 2. The molecule has 1 fully saturated rings. The molecule has 2 aliphatic heterocycles. The molecule has 2 aromatic carbocycles. The van der Waals surface area contributed by atoms with Crippen LogP contribution in [0, 0.1) is 0 Å². The van der Waals surface area contributed by atoms with E-state index in [9.17, 15) is 4.79 Å². The van der Waals surface area contributed by atoms with Gasteiger partial charge >= 0.3 is 0 Å². The van der Waals surface area contributed by atoms with E-state index in [1.807, 2.05) is 30.3 Å². The van der Waals surface area contributed by atoms with Gasteiger partial charge in [-0.2, -0.15) is 0 Å². The van der Waals surface area contributed by atoms with E-state index in [4.69, 9.17) is 9.47 Å². The number of carbonyl (C=O) groups excluding carboxylic acids is 1. The minimum absolute atomic E-state index is 0.0175. The van der Waals surface area contributed by atoms with Gasteiger partial charge in [0.25, 0.3) is 0 Å². The SMILES string of the molecule is O=C(CCNCc1ccc2c(c1)OCO2)Nc1ccc(N2CCCCC2)cc1. The summed E-state index contributed by atoms with van der Waals surface area (Å²) in [5.41, 5.74) is 3.20. The predicted molar refractivity (Wildman–Crippen MR) is 110 cm³/mol. The summed E-state index contributed by atoms with van der Waals surface area (Å²) in [6, 6.07) is 14.1. The van der Waals surface area contributed by atoms with Crippen LogP contribution in [0.4, 0.5) is 11.4 Å². The van der Waals surface area contributed by atoms with Gasteiger partial charge in [0.05, 0.1) is 0 Å². The van der Waals surface area contributed by atoms with Gasteiger partial charge in [0.15, 0.2) is 11.5 Å². The first-order valence-corrected chi connectivity index (χ1v) is 10.0. The number of rotatable bonds is 7. The summed E-state index contributed by atoms with van der Waals surface area (Å²) in [7, 11) is 0. The summed E-state index contributed by atoms with van der Waals surface area (Å²) in [6.45, 7) is 3.84. The van der Waals surface area contributed by atoms with Crippen molar-refractivity contribution in [3.8, 4) is 11.5 Å². The first-order chi connectivity index (χ1) is 13.8. The zero-order valence-corrected chi connectivity index (χ0v) is 16.1. The van der Waals surface area contributed by atoms with E-state index in [2.05, 4.69) is 27.7 Å². The Bertz CT molecular complexity index is 801. The molecule has 148 valence electrons. The van der Waals surface area contributed by atoms with Crippen LogP contribution in [0.15, 0.2) is 42.5 Å². The molecule has 2 aliphatic rings. The van der Waals surface area contributed by atoms with Crippen molar-refractivity contribution in [2.75, 3.05) is 36.6 Å². The Labute approximate surface area is 165 Å². The highest BCUT2D eigenvalue weighted by atomic mass is 16.7. The van der Waals surface area contributed by atoms with Gasteiger partial charge in [-0.25, -0.2) is 0 Å². The molecule has 6 heteroatoms. The number of benzene rings is 2. The second-order valence-electron chi connectivity index (χ2n) is 7.26. The van der Waals surface area contributed by atoms with Crippen molar-refractivity contribution in [1.29, 1.82) is 0 Å². The first kappa shape index (κ1) is 18.6. The van der Waals surface area contributed by atoms with Crippen LogP contribution in [-0.2, 0) is 11.3 Å². The molecule has 0 aliphatic carbocycles. The molecule has 1 amide bonds. The van der Waals surface area contributed by atoms with Crippen molar-refractivity contribution in [3.05, 3.63) is 48.0 Å². The van der Waals surface area contributed by atoms with Crippen LogP contribution in [0.2, 0.25) is 0 Å². The van der Waals surface area contributed by atoms with E-state index < -0.39 is 0 Å². The van der Waals surface area contributed by atoms with Crippen LogP contribution in [0.5, 0.6) is 11.5 Å². The van der Waals surface area contributed by atoms with Crippen molar-refractivity contribution < 1.29 is 14.3 Å². The number of amides is 1. The summed E-state index contributed by atoms with van der Waals surface area (Å²) in [4.78, 5) is 14.6. The Morgan fingerprint density at radius 1 is 0.964 bits per heavy atom. The number of nitrogens with one attached hydrogen (secondary N) is 2. The number of hydrogen-bond donors (Lipinski definition) is 2. The molecule has 0 atom stereocenters. The maximum atomic E-state index is 12.2. The van der Waals surface area contributed by atoms with Gasteiger partial charge in [-0.05, 0) is 61.2 Å². The molecule has 0 spiro atoms. The van der Waals surface area contributed by atoms with Gasteiger partial charge in [-0.15, -0.1) is 0 Å². The van der Waals surface area contributed by atoms with Crippen LogP contribution in [0.3, 0.4) is 0 Å². The topological polar surface area (TPSA) is 62.8 Å². The molecule has 0 saturated carbocycles. The molecule has 1 saturated heterocycles. The minimum atomic E-state index is 0.0175. The van der Waals surface area contributed by atoms with Crippen LogP contribution in [0.25, 0.3) is 0 Å². The third-order valence-electron chi connectivity index (χ3n) is 5.17. The van der Waals surface area contributed by atoms with Crippen molar-refractivity contribution >= 4 is 17.3 Å². The summed E-state index contributed by atoms with van der Waals surface area (Å²) in [5, 5.41) is 6.27. The van der Waals surface area contributed by atoms with Gasteiger partial charge < -0.3 is 25.0 Å².